The number of rotatable bonds is 7. The van der Waals surface area contributed by atoms with Gasteiger partial charge in [-0.1, -0.05) is 30.8 Å². The van der Waals surface area contributed by atoms with Crippen molar-refractivity contribution in [3.63, 3.8) is 0 Å². The lowest BCUT2D eigenvalue weighted by Gasteiger charge is -2.13. The molecule has 1 aromatic carbocycles. The molecular weight excluding hydrogens is 338 g/mol. The van der Waals surface area contributed by atoms with E-state index in [-0.39, 0.29) is 23.3 Å². The standard InChI is InChI=1S/C18H23N3O3S/c1-2-9-21-17(23)14-7-3-4-8-15(14)20-18(21)25-12-16(22)19-11-13-6-5-10-24-13/h3-4,7-8,13H,2,5-6,9-12H2,1H3,(H,19,22). The van der Waals surface area contributed by atoms with E-state index >= 15 is 0 Å². The first-order valence-electron chi connectivity index (χ1n) is 8.69. The van der Waals surface area contributed by atoms with Gasteiger partial charge in [-0.3, -0.25) is 14.2 Å². The second-order valence-corrected chi connectivity index (χ2v) is 7.04. The second kappa shape index (κ2) is 8.49. The fraction of sp³-hybridized carbons (Fsp3) is 0.500. The number of carbonyl (C=O) groups is 1. The maximum absolute atomic E-state index is 12.7. The Hall–Kier alpha value is -1.86. The van der Waals surface area contributed by atoms with Crippen molar-refractivity contribution in [3.05, 3.63) is 34.6 Å². The molecule has 1 fully saturated rings. The van der Waals surface area contributed by atoms with Crippen LogP contribution in [-0.2, 0) is 16.1 Å². The number of carbonyl (C=O) groups excluding carboxylic acids is 1. The van der Waals surface area contributed by atoms with Crippen LogP contribution in [0, 0.1) is 0 Å². The average molecular weight is 361 g/mol. The highest BCUT2D eigenvalue weighted by atomic mass is 32.2. The number of para-hydroxylation sites is 1. The van der Waals surface area contributed by atoms with Gasteiger partial charge in [0.15, 0.2) is 5.16 Å². The second-order valence-electron chi connectivity index (χ2n) is 6.10. The van der Waals surface area contributed by atoms with Gasteiger partial charge in [-0.05, 0) is 31.4 Å². The molecule has 1 saturated heterocycles. The number of nitrogens with one attached hydrogen (secondary N) is 1. The van der Waals surface area contributed by atoms with Gasteiger partial charge in [0, 0.05) is 19.7 Å². The van der Waals surface area contributed by atoms with Crippen molar-refractivity contribution >= 4 is 28.6 Å². The fourth-order valence-corrected chi connectivity index (χ4v) is 3.75. The summed E-state index contributed by atoms with van der Waals surface area (Å²) in [5, 5.41) is 4.11. The Morgan fingerprint density at radius 2 is 2.28 bits per heavy atom. The molecule has 1 amide bonds. The van der Waals surface area contributed by atoms with Crippen LogP contribution in [0.1, 0.15) is 26.2 Å². The monoisotopic (exact) mass is 361 g/mol. The summed E-state index contributed by atoms with van der Waals surface area (Å²) in [6.07, 6.45) is 3.01. The summed E-state index contributed by atoms with van der Waals surface area (Å²) in [6, 6.07) is 7.32. The first-order chi connectivity index (χ1) is 12.2. The third kappa shape index (κ3) is 4.41. The van der Waals surface area contributed by atoms with Gasteiger partial charge in [0.1, 0.15) is 0 Å². The zero-order valence-electron chi connectivity index (χ0n) is 14.4. The minimum absolute atomic E-state index is 0.0466. The quantitative estimate of drug-likeness (QED) is 0.604. The molecule has 25 heavy (non-hydrogen) atoms. The van der Waals surface area contributed by atoms with Crippen LogP contribution in [0.5, 0.6) is 0 Å². The van der Waals surface area contributed by atoms with Crippen molar-refractivity contribution in [2.45, 2.75) is 44.0 Å². The molecule has 1 unspecified atom stereocenters. The lowest BCUT2D eigenvalue weighted by molar-refractivity contribution is -0.119. The topological polar surface area (TPSA) is 73.2 Å². The van der Waals surface area contributed by atoms with Crippen molar-refractivity contribution in [1.82, 2.24) is 14.9 Å². The molecule has 0 aliphatic carbocycles. The molecule has 1 aromatic heterocycles. The summed E-state index contributed by atoms with van der Waals surface area (Å²) in [5.41, 5.74) is 0.622. The van der Waals surface area contributed by atoms with Crippen molar-refractivity contribution in [1.29, 1.82) is 0 Å². The number of hydrogen-bond acceptors (Lipinski definition) is 5. The Kier molecular flexibility index (Phi) is 6.09. The lowest BCUT2D eigenvalue weighted by atomic mass is 10.2. The number of fused-ring (bicyclic) bond motifs is 1. The third-order valence-electron chi connectivity index (χ3n) is 4.16. The number of benzene rings is 1. The Morgan fingerprint density at radius 1 is 1.44 bits per heavy atom. The summed E-state index contributed by atoms with van der Waals surface area (Å²) >= 11 is 1.31. The van der Waals surface area contributed by atoms with Gasteiger partial charge in [-0.2, -0.15) is 0 Å². The van der Waals surface area contributed by atoms with E-state index < -0.39 is 0 Å². The van der Waals surface area contributed by atoms with Crippen LogP contribution in [-0.4, -0.2) is 40.5 Å². The molecule has 2 heterocycles. The Morgan fingerprint density at radius 3 is 3.04 bits per heavy atom. The highest BCUT2D eigenvalue weighted by molar-refractivity contribution is 7.99. The van der Waals surface area contributed by atoms with Gasteiger partial charge in [-0.15, -0.1) is 0 Å². The molecule has 3 rings (SSSR count). The SMILES string of the molecule is CCCn1c(SCC(=O)NCC2CCCO2)nc2ccccc2c1=O. The molecule has 1 N–H and O–H groups in total. The van der Waals surface area contributed by atoms with E-state index in [1.165, 1.54) is 11.8 Å². The maximum atomic E-state index is 12.7. The molecule has 0 radical (unpaired) electrons. The van der Waals surface area contributed by atoms with Crippen LogP contribution < -0.4 is 10.9 Å². The Bertz CT molecular complexity index is 800. The molecule has 7 heteroatoms. The van der Waals surface area contributed by atoms with E-state index in [1.807, 2.05) is 25.1 Å². The molecular formula is C18H23N3O3S. The number of thioether (sulfide) groups is 1. The number of ether oxygens (including phenoxy) is 1. The van der Waals surface area contributed by atoms with Crippen molar-refractivity contribution in [3.8, 4) is 0 Å². The summed E-state index contributed by atoms with van der Waals surface area (Å²) in [6.45, 7) is 3.94. The van der Waals surface area contributed by atoms with Gasteiger partial charge in [0.05, 0.1) is 22.8 Å². The molecule has 1 aliphatic heterocycles. The first kappa shape index (κ1) is 17.9. The van der Waals surface area contributed by atoms with E-state index in [1.54, 1.807) is 10.6 Å². The molecule has 0 spiro atoms. The molecule has 134 valence electrons. The minimum Gasteiger partial charge on any atom is -0.376 e. The number of aromatic nitrogens is 2. The van der Waals surface area contributed by atoms with E-state index in [0.29, 0.717) is 29.1 Å². The predicted molar refractivity (Wildman–Crippen MR) is 99.0 cm³/mol. The van der Waals surface area contributed by atoms with Crippen LogP contribution in [0.25, 0.3) is 10.9 Å². The molecule has 1 atom stereocenters. The average Bonchev–Trinajstić information content (AvgIpc) is 3.14. The smallest absolute Gasteiger partial charge is 0.262 e. The van der Waals surface area contributed by atoms with Crippen LogP contribution in [0.4, 0.5) is 0 Å². The maximum Gasteiger partial charge on any atom is 0.262 e. The fourth-order valence-electron chi connectivity index (χ4n) is 2.89. The largest absolute Gasteiger partial charge is 0.376 e. The summed E-state index contributed by atoms with van der Waals surface area (Å²) in [5.74, 6) is 0.173. The Balaban J connectivity index is 1.70. The lowest BCUT2D eigenvalue weighted by Crippen LogP contribution is -2.33. The highest BCUT2D eigenvalue weighted by Crippen LogP contribution is 2.18. The van der Waals surface area contributed by atoms with E-state index in [0.717, 1.165) is 25.9 Å². The number of hydrogen-bond donors (Lipinski definition) is 1. The van der Waals surface area contributed by atoms with Crippen molar-refractivity contribution in [2.75, 3.05) is 18.9 Å². The van der Waals surface area contributed by atoms with E-state index in [2.05, 4.69) is 10.3 Å². The van der Waals surface area contributed by atoms with E-state index in [4.69, 9.17) is 4.74 Å². The van der Waals surface area contributed by atoms with Crippen LogP contribution >= 0.6 is 11.8 Å². The predicted octanol–water partition coefficient (Wildman–Crippen LogP) is 2.19. The first-order valence-corrected chi connectivity index (χ1v) is 9.68. The Labute approximate surface area is 151 Å². The van der Waals surface area contributed by atoms with Gasteiger partial charge in [0.25, 0.3) is 5.56 Å². The molecule has 0 saturated carbocycles. The summed E-state index contributed by atoms with van der Waals surface area (Å²) in [7, 11) is 0. The van der Waals surface area contributed by atoms with Gasteiger partial charge >= 0.3 is 0 Å². The van der Waals surface area contributed by atoms with Crippen LogP contribution in [0.15, 0.2) is 34.2 Å². The van der Waals surface area contributed by atoms with Gasteiger partial charge in [0.2, 0.25) is 5.91 Å². The van der Waals surface area contributed by atoms with Crippen molar-refractivity contribution in [2.24, 2.45) is 0 Å². The zero-order valence-corrected chi connectivity index (χ0v) is 15.2. The molecule has 2 aromatic rings. The number of nitrogens with zero attached hydrogens (tertiary/aromatic N) is 2. The van der Waals surface area contributed by atoms with Gasteiger partial charge < -0.3 is 10.1 Å². The highest BCUT2D eigenvalue weighted by Gasteiger charge is 2.17. The molecule has 0 bridgehead atoms. The minimum atomic E-state index is -0.0639. The normalized spacial score (nSPS) is 17.1. The summed E-state index contributed by atoms with van der Waals surface area (Å²) in [4.78, 5) is 29.3. The third-order valence-corrected chi connectivity index (χ3v) is 5.13. The molecule has 6 nitrogen and oxygen atoms in total. The zero-order chi connectivity index (χ0) is 17.6. The van der Waals surface area contributed by atoms with Crippen LogP contribution in [0.3, 0.4) is 0 Å². The molecule has 1 aliphatic rings. The van der Waals surface area contributed by atoms with Gasteiger partial charge in [-0.25, -0.2) is 4.98 Å². The number of amides is 1. The van der Waals surface area contributed by atoms with E-state index in [9.17, 15) is 9.59 Å². The summed E-state index contributed by atoms with van der Waals surface area (Å²) < 4.78 is 7.17. The van der Waals surface area contributed by atoms with Crippen molar-refractivity contribution < 1.29 is 9.53 Å². The van der Waals surface area contributed by atoms with Crippen LogP contribution in [0.2, 0.25) is 0 Å².